The first-order valence-electron chi connectivity index (χ1n) is 8.99. The summed E-state index contributed by atoms with van der Waals surface area (Å²) in [5.41, 5.74) is 2.14. The number of aliphatic hydroxyl groups excluding tert-OH is 1. The highest BCUT2D eigenvalue weighted by Crippen LogP contribution is 2.21. The van der Waals surface area contributed by atoms with Gasteiger partial charge in [0.1, 0.15) is 5.76 Å². The van der Waals surface area contributed by atoms with Gasteiger partial charge in [0, 0.05) is 42.3 Å². The Morgan fingerprint density at radius 2 is 1.83 bits per heavy atom. The van der Waals surface area contributed by atoms with E-state index in [9.17, 15) is 14.7 Å². The van der Waals surface area contributed by atoms with Crippen molar-refractivity contribution < 1.29 is 14.7 Å². The summed E-state index contributed by atoms with van der Waals surface area (Å²) in [6.07, 6.45) is 5.94. The third kappa shape index (κ3) is 4.04. The third-order valence-corrected chi connectivity index (χ3v) is 4.40. The van der Waals surface area contributed by atoms with Crippen molar-refractivity contribution in [1.82, 2.24) is 30.2 Å². The first kappa shape index (κ1) is 18.9. The maximum Gasteiger partial charge on any atom is 0.244 e. The number of H-pyrrole nitrogens is 1. The second kappa shape index (κ2) is 8.31. The van der Waals surface area contributed by atoms with Crippen molar-refractivity contribution in [1.29, 1.82) is 0 Å². The van der Waals surface area contributed by atoms with Crippen LogP contribution in [0.3, 0.4) is 0 Å². The van der Waals surface area contributed by atoms with E-state index in [1.54, 1.807) is 53.5 Å². The van der Waals surface area contributed by atoms with Gasteiger partial charge in [0.05, 0.1) is 5.69 Å². The van der Waals surface area contributed by atoms with E-state index in [4.69, 9.17) is 0 Å². The van der Waals surface area contributed by atoms with Crippen LogP contribution in [0.5, 0.6) is 0 Å². The van der Waals surface area contributed by atoms with Crippen LogP contribution in [-0.2, 0) is 6.54 Å². The van der Waals surface area contributed by atoms with Crippen LogP contribution < -0.4 is 0 Å². The predicted molar refractivity (Wildman–Crippen MR) is 107 cm³/mol. The second-order valence-corrected chi connectivity index (χ2v) is 6.42. The lowest BCUT2D eigenvalue weighted by atomic mass is 10.1. The number of carbonyl (C=O) groups is 2. The maximum absolute atomic E-state index is 13.1. The van der Waals surface area contributed by atoms with Crippen LogP contribution in [0.4, 0.5) is 0 Å². The normalized spacial score (nSPS) is 11.4. The summed E-state index contributed by atoms with van der Waals surface area (Å²) in [4.78, 5) is 29.2. The number of pyridine rings is 1. The number of tetrazole rings is 1. The van der Waals surface area contributed by atoms with Crippen LogP contribution in [0.15, 0.2) is 73.2 Å². The molecule has 30 heavy (non-hydrogen) atoms. The average molecular weight is 400 g/mol. The number of ketones is 2. The zero-order valence-electron chi connectivity index (χ0n) is 15.6. The Kier molecular flexibility index (Phi) is 5.25. The largest absolute Gasteiger partial charge is 0.507 e. The lowest BCUT2D eigenvalue weighted by Crippen LogP contribution is -2.10. The molecule has 0 atom stereocenters. The molecule has 0 fully saturated rings. The van der Waals surface area contributed by atoms with Crippen molar-refractivity contribution in [3.63, 3.8) is 0 Å². The molecule has 4 rings (SSSR count). The molecule has 1 aromatic carbocycles. The lowest BCUT2D eigenvalue weighted by molar-refractivity contribution is 0.102. The van der Waals surface area contributed by atoms with Gasteiger partial charge in [0.2, 0.25) is 17.4 Å². The summed E-state index contributed by atoms with van der Waals surface area (Å²) in [7, 11) is 0. The molecule has 0 aliphatic carbocycles. The molecule has 9 heteroatoms. The summed E-state index contributed by atoms with van der Waals surface area (Å²) >= 11 is 0. The summed E-state index contributed by atoms with van der Waals surface area (Å²) in [6.45, 7) is 0.391. The monoisotopic (exact) mass is 400 g/mol. The molecule has 0 saturated carbocycles. The van der Waals surface area contributed by atoms with Gasteiger partial charge in [-0.3, -0.25) is 14.6 Å². The van der Waals surface area contributed by atoms with Crippen LogP contribution in [-0.4, -0.2) is 46.8 Å². The van der Waals surface area contributed by atoms with E-state index >= 15 is 0 Å². The third-order valence-electron chi connectivity index (χ3n) is 4.40. The number of aromatic amines is 1. The van der Waals surface area contributed by atoms with Gasteiger partial charge in [0.25, 0.3) is 0 Å². The molecule has 0 radical (unpaired) electrons. The Morgan fingerprint density at radius 1 is 1.07 bits per heavy atom. The summed E-state index contributed by atoms with van der Waals surface area (Å²) < 4.78 is 1.73. The minimum Gasteiger partial charge on any atom is -0.507 e. The number of nitrogens with zero attached hydrogens (tertiary/aromatic N) is 5. The first-order valence-corrected chi connectivity index (χ1v) is 8.99. The lowest BCUT2D eigenvalue weighted by Gasteiger charge is -2.08. The van der Waals surface area contributed by atoms with Crippen LogP contribution in [0.1, 0.15) is 37.8 Å². The maximum atomic E-state index is 13.1. The van der Waals surface area contributed by atoms with Crippen LogP contribution >= 0.6 is 0 Å². The Labute approximate surface area is 170 Å². The van der Waals surface area contributed by atoms with E-state index < -0.39 is 5.78 Å². The van der Waals surface area contributed by atoms with E-state index in [1.165, 1.54) is 0 Å². The van der Waals surface area contributed by atoms with Crippen LogP contribution in [0.25, 0.3) is 5.76 Å². The molecule has 2 N–H and O–H groups in total. The Morgan fingerprint density at radius 3 is 2.53 bits per heavy atom. The number of nitrogens with one attached hydrogen (secondary N) is 1. The summed E-state index contributed by atoms with van der Waals surface area (Å²) in [5, 5.41) is 23.2. The fraction of sp³-hybridized carbons (Fsp3) is 0.0476. The minimum absolute atomic E-state index is 0.168. The van der Waals surface area contributed by atoms with Crippen LogP contribution in [0, 0.1) is 0 Å². The van der Waals surface area contributed by atoms with Gasteiger partial charge < -0.3 is 9.67 Å². The molecule has 4 aromatic rings. The average Bonchev–Trinajstić information content (AvgIpc) is 3.45. The van der Waals surface area contributed by atoms with E-state index in [2.05, 4.69) is 25.6 Å². The number of hydrogen-bond acceptors (Lipinski definition) is 7. The molecule has 0 amide bonds. The number of benzene rings is 1. The molecule has 0 saturated heterocycles. The zero-order valence-corrected chi connectivity index (χ0v) is 15.6. The Bertz CT molecular complexity index is 1200. The molecule has 0 bridgehead atoms. The quantitative estimate of drug-likeness (QED) is 0.277. The highest BCUT2D eigenvalue weighted by atomic mass is 16.3. The van der Waals surface area contributed by atoms with Crippen LogP contribution in [0.2, 0.25) is 0 Å². The Balaban J connectivity index is 1.71. The van der Waals surface area contributed by atoms with Gasteiger partial charge in [-0.2, -0.15) is 5.21 Å². The summed E-state index contributed by atoms with van der Waals surface area (Å²) in [6, 6.07) is 14.1. The number of carbonyl (C=O) groups excluding carboxylic acids is 2. The minimum atomic E-state index is -0.612. The fourth-order valence-corrected chi connectivity index (χ4v) is 2.93. The van der Waals surface area contributed by atoms with Crippen molar-refractivity contribution in [3.8, 4) is 0 Å². The van der Waals surface area contributed by atoms with E-state index in [-0.39, 0.29) is 17.4 Å². The summed E-state index contributed by atoms with van der Waals surface area (Å²) in [5.74, 6) is -1.29. The second-order valence-electron chi connectivity index (χ2n) is 6.42. The zero-order chi connectivity index (χ0) is 20.9. The van der Waals surface area contributed by atoms with Gasteiger partial charge in [-0.05, 0) is 29.0 Å². The molecule has 9 nitrogen and oxygen atoms in total. The smallest absolute Gasteiger partial charge is 0.244 e. The molecule has 0 unspecified atom stereocenters. The fourth-order valence-electron chi connectivity index (χ4n) is 2.93. The van der Waals surface area contributed by atoms with Crippen molar-refractivity contribution in [2.75, 3.05) is 0 Å². The van der Waals surface area contributed by atoms with Gasteiger partial charge in [-0.15, -0.1) is 10.2 Å². The number of aliphatic hydroxyl groups is 1. The molecular weight excluding hydrogens is 384 g/mol. The topological polar surface area (TPSA) is 127 Å². The van der Waals surface area contributed by atoms with E-state index in [0.29, 0.717) is 23.4 Å². The highest BCUT2D eigenvalue weighted by molar-refractivity contribution is 6.09. The Hall–Kier alpha value is -4.40. The molecule has 3 aromatic heterocycles. The van der Waals surface area contributed by atoms with Gasteiger partial charge >= 0.3 is 0 Å². The number of allylic oxidation sites excluding steroid dienone is 1. The standard InChI is InChI=1S/C21H16N6O3/c28-18(11-19(29)21-23-25-26-24-21)16-10-17(20(30)15-4-2-1-3-5-15)27(13-16)12-14-6-8-22-9-7-14/h1-11,13,28H,12H2,(H,23,24,25,26). The number of aromatic nitrogens is 6. The van der Waals surface area contributed by atoms with Crippen molar-refractivity contribution in [2.45, 2.75) is 6.54 Å². The van der Waals surface area contributed by atoms with Gasteiger partial charge in [-0.25, -0.2) is 0 Å². The van der Waals surface area contributed by atoms with E-state index in [1.807, 2.05) is 18.2 Å². The number of hydrogen-bond donors (Lipinski definition) is 2. The molecule has 0 aliphatic heterocycles. The van der Waals surface area contributed by atoms with Crippen molar-refractivity contribution >= 4 is 17.3 Å². The predicted octanol–water partition coefficient (Wildman–Crippen LogP) is 2.46. The molecule has 0 spiro atoms. The van der Waals surface area contributed by atoms with Crippen molar-refractivity contribution in [2.24, 2.45) is 0 Å². The van der Waals surface area contributed by atoms with E-state index in [0.717, 1.165) is 11.6 Å². The van der Waals surface area contributed by atoms with Crippen molar-refractivity contribution in [3.05, 3.63) is 101 Å². The van der Waals surface area contributed by atoms with Gasteiger partial charge in [0.15, 0.2) is 0 Å². The highest BCUT2D eigenvalue weighted by Gasteiger charge is 2.18. The molecule has 148 valence electrons. The number of rotatable bonds is 7. The molecule has 3 heterocycles. The first-order chi connectivity index (χ1) is 14.6. The molecular formula is C21H16N6O3. The SMILES string of the molecule is O=C(C=C(O)c1cc(C(=O)c2ccccc2)n(Cc2ccncc2)c1)c1nn[nH]n1. The van der Waals surface area contributed by atoms with Gasteiger partial charge in [-0.1, -0.05) is 30.3 Å². The molecule has 0 aliphatic rings.